The molecule has 0 radical (unpaired) electrons. The largest absolute Gasteiger partial charge is 0.488 e. The van der Waals surface area contributed by atoms with Crippen molar-refractivity contribution in [2.75, 3.05) is 39.9 Å². The zero-order valence-corrected chi connectivity index (χ0v) is 19.8. The predicted molar refractivity (Wildman–Crippen MR) is 129 cm³/mol. The average molecular weight is 442 g/mol. The van der Waals surface area contributed by atoms with Gasteiger partial charge in [0.25, 0.3) is 0 Å². The molecule has 1 aromatic heterocycles. The van der Waals surface area contributed by atoms with Gasteiger partial charge in [-0.25, -0.2) is 0 Å². The topological polar surface area (TPSA) is 63.7 Å². The van der Waals surface area contributed by atoms with Crippen LogP contribution in [0.5, 0.6) is 5.75 Å². The summed E-state index contributed by atoms with van der Waals surface area (Å²) in [4.78, 5) is 18.7. The fraction of sp³-hybridized carbons (Fsp3) is 0.615. The number of ether oxygens (including phenoxy) is 2. The summed E-state index contributed by atoms with van der Waals surface area (Å²) in [6.45, 7) is 6.66. The molecule has 3 rings (SSSR count). The quantitative estimate of drug-likeness (QED) is 0.468. The lowest BCUT2D eigenvalue weighted by atomic mass is 10.0. The van der Waals surface area contributed by atoms with E-state index in [1.54, 1.807) is 7.11 Å². The van der Waals surface area contributed by atoms with Crippen LogP contribution in [-0.2, 0) is 16.0 Å². The summed E-state index contributed by atoms with van der Waals surface area (Å²) < 4.78 is 11.4. The molecule has 1 aromatic carbocycles. The molecular weight excluding hydrogens is 402 g/mol. The maximum atomic E-state index is 11.6. The van der Waals surface area contributed by atoms with E-state index in [4.69, 9.17) is 9.47 Å². The number of hydrogen-bond acceptors (Lipinski definition) is 5. The minimum Gasteiger partial charge on any atom is -0.488 e. The fourth-order valence-electron chi connectivity index (χ4n) is 4.23. The molecule has 1 aliphatic rings. The van der Waals surface area contributed by atoms with Gasteiger partial charge in [0.1, 0.15) is 17.4 Å². The highest BCUT2D eigenvalue weighted by molar-refractivity contribution is 5.85. The van der Waals surface area contributed by atoms with Crippen LogP contribution in [0.4, 0.5) is 0 Å². The van der Waals surface area contributed by atoms with Crippen LogP contribution in [0.25, 0.3) is 10.9 Å². The monoisotopic (exact) mass is 441 g/mol. The van der Waals surface area contributed by atoms with Crippen LogP contribution in [0.2, 0.25) is 0 Å². The molecule has 2 heterocycles. The van der Waals surface area contributed by atoms with E-state index in [0.29, 0.717) is 13.0 Å². The number of rotatable bonds is 13. The van der Waals surface area contributed by atoms with Crippen molar-refractivity contribution in [3.63, 3.8) is 0 Å². The van der Waals surface area contributed by atoms with Crippen LogP contribution in [0.15, 0.2) is 30.5 Å². The Balaban J connectivity index is 1.42. The molecule has 1 N–H and O–H groups in total. The van der Waals surface area contributed by atoms with E-state index in [2.05, 4.69) is 40.3 Å². The summed E-state index contributed by atoms with van der Waals surface area (Å²) in [5.41, 5.74) is 2.32. The Morgan fingerprint density at radius 1 is 1.22 bits per heavy atom. The smallest absolute Gasteiger partial charge is 0.222 e. The van der Waals surface area contributed by atoms with Crippen molar-refractivity contribution in [2.24, 2.45) is 0 Å². The summed E-state index contributed by atoms with van der Waals surface area (Å²) in [6, 6.07) is 8.60. The number of unbranched alkanes of at least 4 members (excludes halogenated alkanes) is 2. The first-order valence-electron chi connectivity index (χ1n) is 12.2. The molecule has 0 saturated carbocycles. The van der Waals surface area contributed by atoms with Crippen LogP contribution in [0.1, 0.15) is 57.4 Å². The van der Waals surface area contributed by atoms with Crippen LogP contribution < -0.4 is 10.1 Å². The Morgan fingerprint density at radius 2 is 2.06 bits per heavy atom. The van der Waals surface area contributed by atoms with Gasteiger partial charge in [0.15, 0.2) is 0 Å². The summed E-state index contributed by atoms with van der Waals surface area (Å²) in [7, 11) is 1.62. The molecule has 1 fully saturated rings. The van der Waals surface area contributed by atoms with Crippen molar-refractivity contribution >= 4 is 16.8 Å². The second-order valence-corrected chi connectivity index (χ2v) is 8.73. The van der Waals surface area contributed by atoms with Gasteiger partial charge in [-0.2, -0.15) is 0 Å². The van der Waals surface area contributed by atoms with E-state index in [1.165, 1.54) is 23.8 Å². The average Bonchev–Trinajstić information content (AvgIpc) is 2.82. The van der Waals surface area contributed by atoms with Crippen molar-refractivity contribution in [1.29, 1.82) is 0 Å². The highest BCUT2D eigenvalue weighted by Gasteiger charge is 2.21. The van der Waals surface area contributed by atoms with E-state index in [-0.39, 0.29) is 12.0 Å². The number of likely N-dealkylation sites (tertiary alicyclic amines) is 1. The third kappa shape index (κ3) is 7.75. The number of aryl methyl sites for hydroxylation is 1. The second-order valence-electron chi connectivity index (χ2n) is 8.73. The van der Waals surface area contributed by atoms with Gasteiger partial charge < -0.3 is 19.7 Å². The molecule has 0 aliphatic carbocycles. The van der Waals surface area contributed by atoms with Gasteiger partial charge in [0.05, 0.1) is 6.61 Å². The molecular formula is C26H39N3O3. The van der Waals surface area contributed by atoms with Crippen LogP contribution in [0.3, 0.4) is 0 Å². The Morgan fingerprint density at radius 3 is 2.84 bits per heavy atom. The Bertz CT molecular complexity index is 834. The molecule has 176 valence electrons. The maximum absolute atomic E-state index is 11.6. The normalized spacial score (nSPS) is 15.2. The first-order chi connectivity index (χ1) is 15.7. The number of amides is 1. The molecule has 0 bridgehead atoms. The first-order valence-corrected chi connectivity index (χ1v) is 12.2. The second kappa shape index (κ2) is 13.4. The molecule has 32 heavy (non-hydrogen) atoms. The van der Waals surface area contributed by atoms with E-state index in [0.717, 1.165) is 69.5 Å². The van der Waals surface area contributed by atoms with Gasteiger partial charge in [-0.05, 0) is 68.8 Å². The Hall–Kier alpha value is -2.18. The van der Waals surface area contributed by atoms with E-state index in [9.17, 15) is 4.79 Å². The molecule has 2 aromatic rings. The summed E-state index contributed by atoms with van der Waals surface area (Å²) in [5, 5.41) is 4.13. The molecule has 0 atom stereocenters. The highest BCUT2D eigenvalue weighted by atomic mass is 16.5. The third-order valence-corrected chi connectivity index (χ3v) is 6.13. The number of hydrogen-bond donors (Lipinski definition) is 1. The van der Waals surface area contributed by atoms with Gasteiger partial charge >= 0.3 is 0 Å². The van der Waals surface area contributed by atoms with E-state index in [1.807, 2.05) is 12.3 Å². The predicted octanol–water partition coefficient (Wildman–Crippen LogP) is 4.35. The molecule has 1 saturated heterocycles. The third-order valence-electron chi connectivity index (χ3n) is 6.13. The van der Waals surface area contributed by atoms with Crippen molar-refractivity contribution < 1.29 is 14.3 Å². The summed E-state index contributed by atoms with van der Waals surface area (Å²) in [6.07, 6.45) is 10.2. The van der Waals surface area contributed by atoms with Crippen molar-refractivity contribution in [3.8, 4) is 5.75 Å². The van der Waals surface area contributed by atoms with Crippen LogP contribution in [0, 0.1) is 0 Å². The minimum absolute atomic E-state index is 0.0746. The highest BCUT2D eigenvalue weighted by Crippen LogP contribution is 2.29. The van der Waals surface area contributed by atoms with Crippen molar-refractivity contribution in [1.82, 2.24) is 15.2 Å². The number of aromatic nitrogens is 1. The molecule has 6 nitrogen and oxygen atoms in total. The van der Waals surface area contributed by atoms with Crippen molar-refractivity contribution in [3.05, 3.63) is 36.0 Å². The lowest BCUT2D eigenvalue weighted by molar-refractivity contribution is -0.121. The van der Waals surface area contributed by atoms with Crippen LogP contribution in [-0.4, -0.2) is 61.8 Å². The molecule has 6 heteroatoms. The first kappa shape index (κ1) is 24.5. The number of nitrogens with one attached hydrogen (secondary N) is 1. The van der Waals surface area contributed by atoms with Gasteiger partial charge in [0, 0.05) is 44.7 Å². The zero-order chi connectivity index (χ0) is 22.6. The maximum Gasteiger partial charge on any atom is 0.222 e. The molecule has 0 spiro atoms. The summed E-state index contributed by atoms with van der Waals surface area (Å²) in [5.74, 6) is 1.02. The zero-order valence-electron chi connectivity index (χ0n) is 19.8. The number of fused-ring (bicyclic) bond motifs is 1. The van der Waals surface area contributed by atoms with Gasteiger partial charge in [0.2, 0.25) is 5.91 Å². The minimum atomic E-state index is 0.0746. The SMILES string of the molecule is CCCCc1cc(OC2CCN(CCCCNC(=O)CCOC)CC2)c2ncccc2c1. The summed E-state index contributed by atoms with van der Waals surface area (Å²) >= 11 is 0. The molecule has 0 unspecified atom stereocenters. The van der Waals surface area contributed by atoms with Gasteiger partial charge in [-0.1, -0.05) is 19.4 Å². The standard InChI is InChI=1S/C26H39N3O3/c1-3-4-8-21-19-22-9-7-14-28-26(22)24(20-21)32-23-10-16-29(17-11-23)15-6-5-13-27-25(30)12-18-31-2/h7,9,14,19-20,23H,3-6,8,10-13,15-18H2,1-2H3,(H,27,30). The fourth-order valence-corrected chi connectivity index (χ4v) is 4.23. The number of piperidine rings is 1. The Labute approximate surface area is 192 Å². The number of carbonyl (C=O) groups is 1. The number of carbonyl (C=O) groups excluding carboxylic acids is 1. The van der Waals surface area contributed by atoms with Crippen molar-refractivity contribution in [2.45, 2.75) is 64.4 Å². The number of benzene rings is 1. The number of pyridine rings is 1. The van der Waals surface area contributed by atoms with E-state index < -0.39 is 0 Å². The number of methoxy groups -OCH3 is 1. The van der Waals surface area contributed by atoms with Crippen LogP contribution >= 0.6 is 0 Å². The van der Waals surface area contributed by atoms with Gasteiger partial charge in [-0.3, -0.25) is 9.78 Å². The lowest BCUT2D eigenvalue weighted by Gasteiger charge is -2.32. The van der Waals surface area contributed by atoms with Gasteiger partial charge in [-0.15, -0.1) is 0 Å². The lowest BCUT2D eigenvalue weighted by Crippen LogP contribution is -2.39. The van der Waals surface area contributed by atoms with E-state index >= 15 is 0 Å². The number of nitrogens with zero attached hydrogens (tertiary/aromatic N) is 2. The molecule has 1 amide bonds. The Kier molecular flexibility index (Phi) is 10.2. The molecule has 1 aliphatic heterocycles.